The van der Waals surface area contributed by atoms with Crippen LogP contribution in [0.4, 0.5) is 32.3 Å². The average molecular weight is 498 g/mol. The van der Waals surface area contributed by atoms with Gasteiger partial charge in [0, 0.05) is 54.7 Å². The van der Waals surface area contributed by atoms with Crippen molar-refractivity contribution in [1.82, 2.24) is 5.32 Å². The average Bonchev–Trinajstić information content (AvgIpc) is 3.43. The number of anilines is 4. The third kappa shape index (κ3) is 6.72. The van der Waals surface area contributed by atoms with E-state index in [1.165, 1.54) is 0 Å². The number of amides is 4. The molecule has 1 heterocycles. The van der Waals surface area contributed by atoms with Gasteiger partial charge in [-0.1, -0.05) is 18.2 Å². The fourth-order valence-corrected chi connectivity index (χ4v) is 4.06. The molecule has 9 nitrogen and oxygen atoms in total. The van der Waals surface area contributed by atoms with Gasteiger partial charge in [0.2, 0.25) is 0 Å². The number of nitrogens with one attached hydrogen (secondary N) is 5. The molecule has 9 heteroatoms. The van der Waals surface area contributed by atoms with E-state index >= 15 is 0 Å². The summed E-state index contributed by atoms with van der Waals surface area (Å²) in [5, 5.41) is 14.4. The van der Waals surface area contributed by atoms with E-state index in [0.717, 1.165) is 47.6 Å². The molecule has 4 amide bonds. The van der Waals surface area contributed by atoms with Crippen LogP contribution >= 0.6 is 0 Å². The molecule has 5 N–H and O–H groups in total. The normalized spacial score (nSPS) is 12.9. The molecule has 3 aromatic rings. The van der Waals surface area contributed by atoms with Crippen LogP contribution in [0, 0.1) is 6.92 Å². The molecule has 1 aliphatic rings. The van der Waals surface area contributed by atoms with E-state index < -0.39 is 0 Å². The van der Waals surface area contributed by atoms with Gasteiger partial charge in [0.1, 0.15) is 5.84 Å². The molecule has 4 rings (SSSR count). The van der Waals surface area contributed by atoms with Crippen LogP contribution in [0.15, 0.2) is 76.7 Å². The summed E-state index contributed by atoms with van der Waals surface area (Å²) < 4.78 is 0. The van der Waals surface area contributed by atoms with Crippen molar-refractivity contribution in [3.63, 3.8) is 0 Å². The number of rotatable bonds is 6. The van der Waals surface area contributed by atoms with Gasteiger partial charge in [0.25, 0.3) is 0 Å². The van der Waals surface area contributed by atoms with Crippen molar-refractivity contribution < 1.29 is 9.59 Å². The molecular weight excluding hydrogens is 466 g/mol. The van der Waals surface area contributed by atoms with Crippen LogP contribution < -0.4 is 26.6 Å². The van der Waals surface area contributed by atoms with Crippen molar-refractivity contribution in [2.45, 2.75) is 19.8 Å². The number of nitrogens with zero attached hydrogens (tertiary/aromatic N) is 2. The third-order valence-electron chi connectivity index (χ3n) is 5.95. The highest BCUT2D eigenvalue weighted by Crippen LogP contribution is 2.22. The molecule has 0 fully saturated rings. The number of hydrogen-bond acceptors (Lipinski definition) is 4. The highest BCUT2D eigenvalue weighted by molar-refractivity contribution is 6.05. The topological polar surface area (TPSA) is 119 Å². The first kappa shape index (κ1) is 25.4. The van der Waals surface area contributed by atoms with Crippen molar-refractivity contribution in [1.29, 1.82) is 0 Å². The van der Waals surface area contributed by atoms with E-state index in [-0.39, 0.29) is 12.1 Å². The molecule has 1 aliphatic heterocycles. The van der Waals surface area contributed by atoms with Crippen molar-refractivity contribution in [2.24, 2.45) is 9.98 Å². The monoisotopic (exact) mass is 497 g/mol. The standard InChI is InChI=1S/C28H31N7O2/c1-18-9-12-23(34-27(36)33-22-7-4-6-20(16-22)24-8-5-15-31-24)17-25(18)35-28(37)32-21-13-10-19(11-14-21)26(29-2)30-3/h4,6-7,9-14,16-17H,5,8,15H2,1-3H3,(H,29,30)(H2,32,35,37)(H2,33,34,36). The molecular formula is C28H31N7O2. The molecule has 0 radical (unpaired) electrons. The van der Waals surface area contributed by atoms with E-state index in [9.17, 15) is 9.59 Å². The first-order valence-electron chi connectivity index (χ1n) is 12.1. The van der Waals surface area contributed by atoms with Gasteiger partial charge >= 0.3 is 12.1 Å². The minimum Gasteiger partial charge on any atom is -0.373 e. The summed E-state index contributed by atoms with van der Waals surface area (Å²) in [6.45, 7) is 2.74. The first-order valence-corrected chi connectivity index (χ1v) is 12.1. The van der Waals surface area contributed by atoms with Gasteiger partial charge < -0.3 is 26.6 Å². The fourth-order valence-electron chi connectivity index (χ4n) is 4.06. The molecule has 0 spiro atoms. The minimum atomic E-state index is -0.387. The molecule has 0 unspecified atom stereocenters. The Morgan fingerprint density at radius 1 is 0.838 bits per heavy atom. The third-order valence-corrected chi connectivity index (χ3v) is 5.95. The van der Waals surface area contributed by atoms with E-state index in [1.807, 2.05) is 49.4 Å². The highest BCUT2D eigenvalue weighted by Gasteiger charge is 2.12. The Kier molecular flexibility index (Phi) is 8.15. The van der Waals surface area contributed by atoms with Crippen LogP contribution in [0.2, 0.25) is 0 Å². The molecule has 3 aromatic carbocycles. The predicted molar refractivity (Wildman–Crippen MR) is 152 cm³/mol. The SMILES string of the molecule is CN=C(NC)c1ccc(NC(=O)Nc2cc(NC(=O)Nc3cccc(C4=NCCC4)c3)ccc2C)cc1. The maximum absolute atomic E-state index is 12.6. The molecule has 0 aliphatic carbocycles. The van der Waals surface area contributed by atoms with Crippen LogP contribution in [-0.2, 0) is 0 Å². The lowest BCUT2D eigenvalue weighted by atomic mass is 10.1. The van der Waals surface area contributed by atoms with Crippen molar-refractivity contribution in [2.75, 3.05) is 41.9 Å². The highest BCUT2D eigenvalue weighted by atomic mass is 16.2. The maximum Gasteiger partial charge on any atom is 0.323 e. The Hall–Kier alpha value is -4.66. The summed E-state index contributed by atoms with van der Waals surface area (Å²) >= 11 is 0. The van der Waals surface area contributed by atoms with Crippen LogP contribution in [0.1, 0.15) is 29.5 Å². The number of urea groups is 2. The smallest absolute Gasteiger partial charge is 0.323 e. The Morgan fingerprint density at radius 3 is 2.19 bits per heavy atom. The Bertz CT molecular complexity index is 1350. The summed E-state index contributed by atoms with van der Waals surface area (Å²) in [6.07, 6.45) is 2.02. The lowest BCUT2D eigenvalue weighted by Gasteiger charge is -2.13. The Morgan fingerprint density at radius 2 is 1.51 bits per heavy atom. The Labute approximate surface area is 216 Å². The van der Waals surface area contributed by atoms with Gasteiger partial charge in [-0.3, -0.25) is 9.98 Å². The molecule has 0 bridgehead atoms. The predicted octanol–water partition coefficient (Wildman–Crippen LogP) is 5.46. The quantitative estimate of drug-likeness (QED) is 0.230. The number of aryl methyl sites for hydroxylation is 1. The molecule has 0 atom stereocenters. The van der Waals surface area contributed by atoms with Crippen LogP contribution in [0.5, 0.6) is 0 Å². The molecule has 0 aromatic heterocycles. The summed E-state index contributed by atoms with van der Waals surface area (Å²) in [4.78, 5) is 33.9. The van der Waals surface area contributed by atoms with E-state index in [1.54, 1.807) is 38.4 Å². The number of aliphatic imine (C=N–C) groups is 2. The lowest BCUT2D eigenvalue weighted by Crippen LogP contribution is -2.22. The molecule has 0 saturated heterocycles. The van der Waals surface area contributed by atoms with Gasteiger partial charge in [0.15, 0.2) is 0 Å². The second kappa shape index (κ2) is 11.9. The summed E-state index contributed by atoms with van der Waals surface area (Å²) in [7, 11) is 3.52. The number of amidine groups is 1. The van der Waals surface area contributed by atoms with Crippen molar-refractivity contribution in [3.05, 3.63) is 83.4 Å². The van der Waals surface area contributed by atoms with Crippen LogP contribution in [0.3, 0.4) is 0 Å². The number of carbonyl (C=O) groups excluding carboxylic acids is 2. The Balaban J connectivity index is 1.36. The largest absolute Gasteiger partial charge is 0.373 e. The van der Waals surface area contributed by atoms with Crippen LogP contribution in [-0.4, -0.2) is 44.2 Å². The maximum atomic E-state index is 12.6. The zero-order chi connectivity index (χ0) is 26.2. The van der Waals surface area contributed by atoms with Gasteiger partial charge in [-0.25, -0.2) is 9.59 Å². The summed E-state index contributed by atoms with van der Waals surface area (Å²) in [6, 6.07) is 19.6. The summed E-state index contributed by atoms with van der Waals surface area (Å²) in [5.74, 6) is 0.760. The van der Waals surface area contributed by atoms with Gasteiger partial charge in [-0.15, -0.1) is 0 Å². The first-order chi connectivity index (χ1) is 17.9. The zero-order valence-corrected chi connectivity index (χ0v) is 21.2. The summed E-state index contributed by atoms with van der Waals surface area (Å²) in [5.41, 5.74) is 6.35. The number of carbonyl (C=O) groups is 2. The van der Waals surface area contributed by atoms with Crippen LogP contribution in [0.25, 0.3) is 0 Å². The minimum absolute atomic E-state index is 0.374. The zero-order valence-electron chi connectivity index (χ0n) is 21.2. The van der Waals surface area contributed by atoms with Gasteiger partial charge in [-0.2, -0.15) is 0 Å². The van der Waals surface area contributed by atoms with Gasteiger partial charge in [-0.05, 0) is 79.4 Å². The fraction of sp³-hybridized carbons (Fsp3) is 0.214. The van der Waals surface area contributed by atoms with Crippen molar-refractivity contribution >= 4 is 46.4 Å². The second-order valence-corrected chi connectivity index (χ2v) is 8.60. The number of benzene rings is 3. The number of hydrogen-bond donors (Lipinski definition) is 5. The van der Waals surface area contributed by atoms with E-state index in [4.69, 9.17) is 0 Å². The molecule has 37 heavy (non-hydrogen) atoms. The second-order valence-electron chi connectivity index (χ2n) is 8.60. The van der Waals surface area contributed by atoms with E-state index in [0.29, 0.717) is 22.7 Å². The van der Waals surface area contributed by atoms with Gasteiger partial charge in [0.05, 0.1) is 0 Å². The molecule has 190 valence electrons. The van der Waals surface area contributed by atoms with Crippen molar-refractivity contribution in [3.8, 4) is 0 Å². The molecule has 0 saturated carbocycles. The lowest BCUT2D eigenvalue weighted by molar-refractivity contribution is 0.261. The van der Waals surface area contributed by atoms with E-state index in [2.05, 4.69) is 36.6 Å².